The monoisotopic (exact) mass is 302 g/mol. The highest BCUT2D eigenvalue weighted by Gasteiger charge is 2.77. The van der Waals surface area contributed by atoms with Gasteiger partial charge in [-0.2, -0.15) is 13.5 Å². The molecule has 110 valence electrons. The zero-order valence-corrected chi connectivity index (χ0v) is 12.7. The number of aryl methyl sites for hydroxylation is 1. The van der Waals surface area contributed by atoms with E-state index >= 15 is 0 Å². The quantitative estimate of drug-likeness (QED) is 0.870. The van der Waals surface area contributed by atoms with Crippen molar-refractivity contribution in [3.8, 4) is 0 Å². The Labute approximate surface area is 124 Å². The molecule has 0 saturated heterocycles. The summed E-state index contributed by atoms with van der Waals surface area (Å²) >= 11 is 0. The van der Waals surface area contributed by atoms with Crippen LogP contribution in [0.5, 0.6) is 0 Å². The van der Waals surface area contributed by atoms with Gasteiger partial charge in [0, 0.05) is 11.6 Å². The van der Waals surface area contributed by atoms with Gasteiger partial charge in [-0.1, -0.05) is 17.7 Å². The molecule has 5 saturated carbocycles. The van der Waals surface area contributed by atoms with E-state index < -0.39 is 10.0 Å². The first-order valence-electron chi connectivity index (χ1n) is 7.72. The Balaban J connectivity index is 1.40. The van der Waals surface area contributed by atoms with Crippen molar-refractivity contribution in [3.05, 3.63) is 29.8 Å². The van der Waals surface area contributed by atoms with Crippen molar-refractivity contribution in [2.24, 2.45) is 40.6 Å². The fourth-order valence-electron chi connectivity index (χ4n) is 5.26. The highest BCUT2D eigenvalue weighted by molar-refractivity contribution is 7.89. The molecule has 2 unspecified atom stereocenters. The first-order chi connectivity index (χ1) is 10.1. The maximum atomic E-state index is 12.3. The molecule has 4 nitrogen and oxygen atoms in total. The van der Waals surface area contributed by atoms with Gasteiger partial charge in [0.15, 0.2) is 0 Å². The van der Waals surface area contributed by atoms with Crippen LogP contribution in [0.15, 0.2) is 34.3 Å². The molecule has 1 aromatic carbocycles. The third kappa shape index (κ3) is 1.50. The molecule has 1 aromatic rings. The number of hydrazone groups is 1. The normalized spacial score (nSPS) is 43.6. The van der Waals surface area contributed by atoms with Gasteiger partial charge in [-0.15, -0.1) is 0 Å². The molecule has 0 heterocycles. The maximum absolute atomic E-state index is 12.3. The Kier molecular flexibility index (Phi) is 2.15. The summed E-state index contributed by atoms with van der Waals surface area (Å²) in [6.45, 7) is 1.94. The van der Waals surface area contributed by atoms with Crippen molar-refractivity contribution in [3.63, 3.8) is 0 Å². The second-order valence-electron chi connectivity index (χ2n) is 7.12. The number of nitrogens with zero attached hydrogens (tertiary/aromatic N) is 1. The molecule has 1 N–H and O–H groups in total. The Morgan fingerprint density at radius 3 is 2.33 bits per heavy atom. The van der Waals surface area contributed by atoms with Gasteiger partial charge in [0.25, 0.3) is 10.0 Å². The molecule has 5 fully saturated rings. The van der Waals surface area contributed by atoms with Gasteiger partial charge in [-0.25, -0.2) is 4.83 Å². The second kappa shape index (κ2) is 3.69. The summed E-state index contributed by atoms with van der Waals surface area (Å²) in [5.41, 5.74) is 2.19. The van der Waals surface area contributed by atoms with E-state index in [9.17, 15) is 8.42 Å². The Bertz CT molecular complexity index is 731. The predicted molar refractivity (Wildman–Crippen MR) is 79.1 cm³/mol. The standard InChI is InChI=1S/C16H18N2O2S/c1-8-2-4-10(5-3-8)21(19,20)18-17-16-9-6-11-12(7-9)14-13(11)15(14)16/h2-5,9,11-15,18H,6-7H2,1H3/b17-16-/t9?,11-,12+,13-,14-,15?/m1/s1. The van der Waals surface area contributed by atoms with Gasteiger partial charge in [-0.05, 0) is 61.5 Å². The summed E-state index contributed by atoms with van der Waals surface area (Å²) in [6, 6.07) is 6.89. The predicted octanol–water partition coefficient (Wildman–Crippen LogP) is 2.16. The lowest BCUT2D eigenvalue weighted by atomic mass is 9.77. The smallest absolute Gasteiger partial charge is 0.200 e. The SMILES string of the molecule is Cc1ccc(S(=O)(=O)N/N=C2/C3C[C@@H]4[C@H](C3)[C@H]3C2[C@H]43)cc1. The first-order valence-corrected chi connectivity index (χ1v) is 9.20. The van der Waals surface area contributed by atoms with Crippen molar-refractivity contribution >= 4 is 15.7 Å². The van der Waals surface area contributed by atoms with Crippen molar-refractivity contribution in [2.75, 3.05) is 0 Å². The molecule has 0 aromatic heterocycles. The summed E-state index contributed by atoms with van der Waals surface area (Å²) in [7, 11) is -3.53. The molecule has 6 rings (SSSR count). The molecule has 5 heteroatoms. The molecular weight excluding hydrogens is 284 g/mol. The minimum atomic E-state index is -3.53. The van der Waals surface area contributed by atoms with Gasteiger partial charge in [0.05, 0.1) is 4.90 Å². The van der Waals surface area contributed by atoms with Crippen molar-refractivity contribution < 1.29 is 8.42 Å². The molecule has 5 aliphatic rings. The van der Waals surface area contributed by atoms with Crippen LogP contribution in [0, 0.1) is 42.4 Å². The van der Waals surface area contributed by atoms with Gasteiger partial charge in [0.2, 0.25) is 0 Å². The minimum absolute atomic E-state index is 0.288. The zero-order chi connectivity index (χ0) is 14.4. The Hall–Kier alpha value is -1.36. The zero-order valence-electron chi connectivity index (χ0n) is 11.9. The molecule has 5 aliphatic carbocycles. The van der Waals surface area contributed by atoms with Crippen LogP contribution in [0.1, 0.15) is 18.4 Å². The van der Waals surface area contributed by atoms with E-state index in [0.717, 1.165) is 34.9 Å². The van der Waals surface area contributed by atoms with E-state index in [-0.39, 0.29) is 4.90 Å². The van der Waals surface area contributed by atoms with Gasteiger partial charge >= 0.3 is 0 Å². The van der Waals surface area contributed by atoms with Crippen LogP contribution in [0.3, 0.4) is 0 Å². The summed E-state index contributed by atoms with van der Waals surface area (Å²) in [6.07, 6.45) is 2.49. The summed E-state index contributed by atoms with van der Waals surface area (Å²) in [4.78, 5) is 2.76. The van der Waals surface area contributed by atoms with Gasteiger partial charge in [-0.3, -0.25) is 0 Å². The van der Waals surface area contributed by atoms with E-state index in [1.807, 2.05) is 19.1 Å². The average molecular weight is 302 g/mol. The summed E-state index contributed by atoms with van der Waals surface area (Å²) < 4.78 is 24.6. The van der Waals surface area contributed by atoms with Gasteiger partial charge < -0.3 is 0 Å². The average Bonchev–Trinajstić information content (AvgIpc) is 3.10. The number of hydrogen-bond donors (Lipinski definition) is 1. The van der Waals surface area contributed by atoms with Crippen LogP contribution in [0.25, 0.3) is 0 Å². The molecule has 0 radical (unpaired) electrons. The molecular formula is C16H18N2O2S. The van der Waals surface area contributed by atoms with E-state index in [4.69, 9.17) is 0 Å². The highest BCUT2D eigenvalue weighted by Crippen LogP contribution is 2.79. The minimum Gasteiger partial charge on any atom is -0.200 e. The molecule has 21 heavy (non-hydrogen) atoms. The topological polar surface area (TPSA) is 58.5 Å². The first kappa shape index (κ1) is 12.2. The maximum Gasteiger partial charge on any atom is 0.276 e. The molecule has 0 amide bonds. The van der Waals surface area contributed by atoms with Crippen LogP contribution >= 0.6 is 0 Å². The summed E-state index contributed by atoms with van der Waals surface area (Å²) in [5, 5.41) is 4.35. The van der Waals surface area contributed by atoms with Crippen LogP contribution in [-0.4, -0.2) is 14.1 Å². The van der Waals surface area contributed by atoms with Crippen LogP contribution in [-0.2, 0) is 10.0 Å². The lowest BCUT2D eigenvalue weighted by Gasteiger charge is -2.28. The van der Waals surface area contributed by atoms with Crippen molar-refractivity contribution in [1.82, 2.24) is 4.83 Å². The lowest BCUT2D eigenvalue weighted by molar-refractivity contribution is 0.195. The lowest BCUT2D eigenvalue weighted by Crippen LogP contribution is -2.26. The Morgan fingerprint density at radius 2 is 1.71 bits per heavy atom. The number of hydrogen-bond acceptors (Lipinski definition) is 3. The highest BCUT2D eigenvalue weighted by atomic mass is 32.2. The van der Waals surface area contributed by atoms with Crippen LogP contribution in [0.4, 0.5) is 0 Å². The Morgan fingerprint density at radius 1 is 1.10 bits per heavy atom. The molecule has 6 atom stereocenters. The van der Waals surface area contributed by atoms with Crippen molar-refractivity contribution in [1.29, 1.82) is 0 Å². The van der Waals surface area contributed by atoms with E-state index in [2.05, 4.69) is 9.93 Å². The van der Waals surface area contributed by atoms with Crippen molar-refractivity contribution in [2.45, 2.75) is 24.7 Å². The number of sulfonamides is 1. The summed E-state index contributed by atoms with van der Waals surface area (Å²) in [5.74, 6) is 4.72. The van der Waals surface area contributed by atoms with Crippen LogP contribution < -0.4 is 4.83 Å². The molecule has 0 spiro atoms. The van der Waals surface area contributed by atoms with Gasteiger partial charge in [0.1, 0.15) is 0 Å². The number of nitrogens with one attached hydrogen (secondary N) is 1. The molecule has 0 aliphatic heterocycles. The largest absolute Gasteiger partial charge is 0.276 e. The fraction of sp³-hybridized carbons (Fsp3) is 0.562. The van der Waals surface area contributed by atoms with E-state index in [0.29, 0.717) is 11.8 Å². The van der Waals surface area contributed by atoms with E-state index in [1.54, 1.807) is 12.1 Å². The number of benzene rings is 1. The van der Waals surface area contributed by atoms with Crippen LogP contribution in [0.2, 0.25) is 0 Å². The second-order valence-corrected chi connectivity index (χ2v) is 8.78. The third-order valence-electron chi connectivity index (χ3n) is 6.17. The number of rotatable bonds is 3. The third-order valence-corrected chi connectivity index (χ3v) is 7.40. The fourth-order valence-corrected chi connectivity index (χ4v) is 6.09. The van der Waals surface area contributed by atoms with E-state index in [1.165, 1.54) is 12.8 Å². The molecule has 4 bridgehead atoms.